The van der Waals surface area contributed by atoms with E-state index < -0.39 is 11.7 Å². The third-order valence-corrected chi connectivity index (χ3v) is 4.12. The number of rotatable bonds is 4. The molecule has 0 saturated heterocycles. The Bertz CT molecular complexity index is 1050. The second kappa shape index (κ2) is 7.90. The highest BCUT2D eigenvalue weighted by Crippen LogP contribution is 2.22. The molecular weight excluding hydrogens is 392 g/mol. The Balaban J connectivity index is 1.93. The van der Waals surface area contributed by atoms with Gasteiger partial charge in [0.25, 0.3) is 5.56 Å². The van der Waals surface area contributed by atoms with E-state index >= 15 is 0 Å². The van der Waals surface area contributed by atoms with E-state index in [4.69, 9.17) is 23.2 Å². The first-order valence-corrected chi connectivity index (χ1v) is 8.68. The summed E-state index contributed by atoms with van der Waals surface area (Å²) in [6.45, 7) is 1.40. The number of nitrogens with zero attached hydrogens (tertiary/aromatic N) is 2. The van der Waals surface area contributed by atoms with Gasteiger partial charge >= 0.3 is 0 Å². The summed E-state index contributed by atoms with van der Waals surface area (Å²) in [6.07, 6.45) is 0. The highest BCUT2D eigenvalue weighted by molar-refractivity contribution is 6.35. The largest absolute Gasteiger partial charge is 0.324 e. The van der Waals surface area contributed by atoms with E-state index in [1.54, 1.807) is 25.1 Å². The summed E-state index contributed by atoms with van der Waals surface area (Å²) >= 11 is 11.8. The molecule has 0 radical (unpaired) electrons. The second-order valence-corrected chi connectivity index (χ2v) is 6.73. The van der Waals surface area contributed by atoms with Gasteiger partial charge in [0, 0.05) is 33.1 Å². The molecule has 0 unspecified atom stereocenters. The normalized spacial score (nSPS) is 10.7. The summed E-state index contributed by atoms with van der Waals surface area (Å²) in [6, 6.07) is 11.5. The van der Waals surface area contributed by atoms with Crippen molar-refractivity contribution in [1.29, 1.82) is 0 Å². The van der Waals surface area contributed by atoms with E-state index in [0.717, 1.165) is 0 Å². The average molecular weight is 406 g/mol. The molecule has 0 saturated carbocycles. The van der Waals surface area contributed by atoms with Gasteiger partial charge in [-0.15, -0.1) is 0 Å². The number of hydrogen-bond donors (Lipinski definition) is 1. The van der Waals surface area contributed by atoms with Gasteiger partial charge in [-0.25, -0.2) is 9.37 Å². The molecule has 5 nitrogen and oxygen atoms in total. The zero-order valence-electron chi connectivity index (χ0n) is 14.2. The van der Waals surface area contributed by atoms with Crippen LogP contribution in [0.25, 0.3) is 11.4 Å². The topological polar surface area (TPSA) is 64.0 Å². The van der Waals surface area contributed by atoms with Crippen LogP contribution in [0.3, 0.4) is 0 Å². The standard InChI is InChI=1S/C19H14Cl2FN3O2/c1-11-6-18(27)25(19(23-11)12-2-4-15(22)5-3-12)10-17(26)24-16-8-13(20)7-14(21)9-16/h2-9H,10H2,1H3,(H,24,26). The van der Waals surface area contributed by atoms with Crippen LogP contribution >= 0.6 is 23.2 Å². The van der Waals surface area contributed by atoms with Crippen LogP contribution in [0.1, 0.15) is 5.69 Å². The zero-order chi connectivity index (χ0) is 19.6. The number of benzene rings is 2. The van der Waals surface area contributed by atoms with Gasteiger partial charge in [-0.3, -0.25) is 14.2 Å². The Morgan fingerprint density at radius 1 is 1.11 bits per heavy atom. The van der Waals surface area contributed by atoms with Crippen LogP contribution in [0.2, 0.25) is 10.0 Å². The minimum Gasteiger partial charge on any atom is -0.324 e. The summed E-state index contributed by atoms with van der Waals surface area (Å²) in [5, 5.41) is 3.39. The van der Waals surface area contributed by atoms with Crippen LogP contribution < -0.4 is 10.9 Å². The molecule has 2 aromatic carbocycles. The number of hydrogen-bond acceptors (Lipinski definition) is 3. The lowest BCUT2D eigenvalue weighted by Crippen LogP contribution is -2.29. The Labute approximate surface area is 164 Å². The first-order chi connectivity index (χ1) is 12.8. The highest BCUT2D eigenvalue weighted by Gasteiger charge is 2.14. The number of nitrogens with one attached hydrogen (secondary N) is 1. The lowest BCUT2D eigenvalue weighted by Gasteiger charge is -2.13. The van der Waals surface area contributed by atoms with E-state index in [0.29, 0.717) is 27.0 Å². The van der Waals surface area contributed by atoms with Crippen LogP contribution in [0.15, 0.2) is 53.3 Å². The van der Waals surface area contributed by atoms with Gasteiger partial charge < -0.3 is 5.32 Å². The number of aromatic nitrogens is 2. The zero-order valence-corrected chi connectivity index (χ0v) is 15.7. The monoisotopic (exact) mass is 405 g/mol. The van der Waals surface area contributed by atoms with Crippen molar-refractivity contribution in [3.8, 4) is 11.4 Å². The third-order valence-electron chi connectivity index (χ3n) is 3.69. The number of amides is 1. The molecule has 0 atom stereocenters. The van der Waals surface area contributed by atoms with Gasteiger partial charge in [0.15, 0.2) is 0 Å². The van der Waals surface area contributed by atoms with Gasteiger partial charge in [-0.2, -0.15) is 0 Å². The Morgan fingerprint density at radius 3 is 2.37 bits per heavy atom. The van der Waals surface area contributed by atoms with Crippen LogP contribution in [0.4, 0.5) is 10.1 Å². The fourth-order valence-electron chi connectivity index (χ4n) is 2.56. The maximum atomic E-state index is 13.2. The fourth-order valence-corrected chi connectivity index (χ4v) is 3.09. The molecule has 0 aliphatic rings. The van der Waals surface area contributed by atoms with Gasteiger partial charge in [0.2, 0.25) is 5.91 Å². The highest BCUT2D eigenvalue weighted by atomic mass is 35.5. The quantitative estimate of drug-likeness (QED) is 0.703. The molecule has 27 heavy (non-hydrogen) atoms. The summed E-state index contributed by atoms with van der Waals surface area (Å²) in [5.41, 5.74) is 1.04. The number of carbonyl (C=O) groups is 1. The van der Waals surface area contributed by atoms with E-state index in [2.05, 4.69) is 10.3 Å². The predicted octanol–water partition coefficient (Wildman–Crippen LogP) is 4.30. The van der Waals surface area contributed by atoms with Gasteiger partial charge in [-0.1, -0.05) is 23.2 Å². The Kier molecular flexibility index (Phi) is 5.58. The third kappa shape index (κ3) is 4.72. The van der Waals surface area contributed by atoms with Gasteiger partial charge in [0.05, 0.1) is 0 Å². The number of carbonyl (C=O) groups excluding carboxylic acids is 1. The fraction of sp³-hybridized carbons (Fsp3) is 0.105. The van der Waals surface area contributed by atoms with E-state index in [1.807, 2.05) is 0 Å². The molecule has 3 rings (SSSR count). The molecule has 0 fully saturated rings. The van der Waals surface area contributed by atoms with Gasteiger partial charge in [-0.05, 0) is 49.4 Å². The van der Waals surface area contributed by atoms with Crippen molar-refractivity contribution in [2.75, 3.05) is 5.32 Å². The molecule has 1 amide bonds. The van der Waals surface area contributed by atoms with Crippen LogP contribution in [0, 0.1) is 12.7 Å². The molecule has 0 aliphatic carbocycles. The molecule has 3 aromatic rings. The molecule has 1 N–H and O–H groups in total. The molecule has 0 aliphatic heterocycles. The summed E-state index contributed by atoms with van der Waals surface area (Å²) < 4.78 is 14.4. The second-order valence-electron chi connectivity index (χ2n) is 5.86. The summed E-state index contributed by atoms with van der Waals surface area (Å²) in [5.74, 6) is -0.584. The Morgan fingerprint density at radius 2 is 1.74 bits per heavy atom. The average Bonchev–Trinajstić information content (AvgIpc) is 2.57. The molecular formula is C19H14Cl2FN3O2. The number of halogens is 3. The predicted molar refractivity (Wildman–Crippen MR) is 104 cm³/mol. The molecule has 138 valence electrons. The van der Waals surface area contributed by atoms with Crippen molar-refractivity contribution in [1.82, 2.24) is 9.55 Å². The maximum absolute atomic E-state index is 13.2. The first-order valence-electron chi connectivity index (χ1n) is 7.92. The maximum Gasteiger partial charge on any atom is 0.254 e. The van der Waals surface area contributed by atoms with Gasteiger partial charge in [0.1, 0.15) is 18.2 Å². The van der Waals surface area contributed by atoms with Crippen molar-refractivity contribution in [2.24, 2.45) is 0 Å². The number of aryl methyl sites for hydroxylation is 1. The van der Waals surface area contributed by atoms with Crippen LogP contribution in [0.5, 0.6) is 0 Å². The summed E-state index contributed by atoms with van der Waals surface area (Å²) in [4.78, 5) is 29.2. The van der Waals surface area contributed by atoms with Crippen molar-refractivity contribution >= 4 is 34.8 Å². The lowest BCUT2D eigenvalue weighted by atomic mass is 10.2. The van der Waals surface area contributed by atoms with E-state index in [9.17, 15) is 14.0 Å². The molecule has 1 heterocycles. The van der Waals surface area contributed by atoms with Crippen LogP contribution in [-0.2, 0) is 11.3 Å². The Hall–Kier alpha value is -2.70. The lowest BCUT2D eigenvalue weighted by molar-refractivity contribution is -0.116. The van der Waals surface area contributed by atoms with Crippen LogP contribution in [-0.4, -0.2) is 15.5 Å². The minimum absolute atomic E-state index is 0.275. The molecule has 8 heteroatoms. The smallest absolute Gasteiger partial charge is 0.254 e. The summed E-state index contributed by atoms with van der Waals surface area (Å²) in [7, 11) is 0. The first kappa shape index (κ1) is 19.1. The molecule has 1 aromatic heterocycles. The molecule has 0 bridgehead atoms. The SMILES string of the molecule is Cc1cc(=O)n(CC(=O)Nc2cc(Cl)cc(Cl)c2)c(-c2ccc(F)cc2)n1. The van der Waals surface area contributed by atoms with Crippen molar-refractivity contribution in [3.05, 3.63) is 80.4 Å². The molecule has 0 spiro atoms. The minimum atomic E-state index is -0.454. The van der Waals surface area contributed by atoms with Crippen molar-refractivity contribution in [3.63, 3.8) is 0 Å². The van der Waals surface area contributed by atoms with E-state index in [-0.39, 0.29) is 17.9 Å². The van der Waals surface area contributed by atoms with E-state index in [1.165, 1.54) is 34.9 Å². The van der Waals surface area contributed by atoms with Crippen molar-refractivity contribution < 1.29 is 9.18 Å². The number of anilines is 1. The van der Waals surface area contributed by atoms with Crippen molar-refractivity contribution in [2.45, 2.75) is 13.5 Å².